The fraction of sp³-hybridized carbons (Fsp3) is 0. The highest BCUT2D eigenvalue weighted by Gasteiger charge is 2.19. The van der Waals surface area contributed by atoms with Crippen LogP contribution in [-0.2, 0) is 0 Å². The molecule has 0 radical (unpaired) electrons. The molecule has 4 heterocycles. The summed E-state index contributed by atoms with van der Waals surface area (Å²) in [7, 11) is 0. The van der Waals surface area contributed by atoms with Crippen molar-refractivity contribution < 1.29 is 0 Å². The van der Waals surface area contributed by atoms with Crippen molar-refractivity contribution in [1.82, 2.24) is 15.0 Å². The van der Waals surface area contributed by atoms with Crippen LogP contribution >= 0.6 is 11.3 Å². The lowest BCUT2D eigenvalue weighted by molar-refractivity contribution is 1.36. The fourth-order valence-corrected chi connectivity index (χ4v) is 10.7. The normalized spacial score (nSPS) is 11.9. The minimum Gasteiger partial charge on any atom is -0.246 e. The molecular formula is C57H33N3S. The van der Waals surface area contributed by atoms with Gasteiger partial charge in [0.2, 0.25) is 0 Å². The molecule has 0 bridgehead atoms. The number of hydrogen-bond acceptors (Lipinski definition) is 4. The molecule has 4 aromatic heterocycles. The molecule has 0 amide bonds. The first-order valence-electron chi connectivity index (χ1n) is 20.7. The summed E-state index contributed by atoms with van der Waals surface area (Å²) in [4.78, 5) is 16.0. The molecule has 0 fully saturated rings. The van der Waals surface area contributed by atoms with Gasteiger partial charge in [-0.05, 0) is 62.1 Å². The molecule has 0 N–H and O–H groups in total. The van der Waals surface area contributed by atoms with Crippen LogP contribution in [0.25, 0.3) is 130 Å². The Morgan fingerprint density at radius 3 is 1.49 bits per heavy atom. The van der Waals surface area contributed by atoms with Gasteiger partial charge in [0, 0.05) is 53.9 Å². The molecule has 3 nitrogen and oxygen atoms in total. The average Bonchev–Trinajstić information content (AvgIpc) is 3.74. The van der Waals surface area contributed by atoms with Crippen LogP contribution in [0.15, 0.2) is 200 Å². The number of hydrogen-bond donors (Lipinski definition) is 0. The first-order valence-corrected chi connectivity index (χ1v) is 21.5. The zero-order chi connectivity index (χ0) is 40.0. The van der Waals surface area contributed by atoms with Crippen LogP contribution in [0.4, 0.5) is 0 Å². The van der Waals surface area contributed by atoms with Crippen LogP contribution in [0.5, 0.6) is 0 Å². The van der Waals surface area contributed by atoms with E-state index < -0.39 is 0 Å². The molecule has 0 spiro atoms. The number of aromatic nitrogens is 3. The van der Waals surface area contributed by atoms with Gasteiger partial charge in [0.1, 0.15) is 0 Å². The Bertz CT molecular complexity index is 3890. The third kappa shape index (κ3) is 5.33. The van der Waals surface area contributed by atoms with Gasteiger partial charge in [-0.2, -0.15) is 0 Å². The van der Waals surface area contributed by atoms with Crippen molar-refractivity contribution in [2.45, 2.75) is 0 Å². The SMILES string of the molecule is c1ccc(-c2ccc3ccc4ccc(-c5ccc(-c6nc7c(-c8ccc9c%10ccccc%10c%10ccccc%10c9c8)cccc7c7c6sc6ccccc67)cc5)nc4c3n2)cc1. The largest absolute Gasteiger partial charge is 0.246 e. The molecule has 282 valence electrons. The van der Waals surface area contributed by atoms with Gasteiger partial charge < -0.3 is 0 Å². The third-order valence-corrected chi connectivity index (χ3v) is 13.6. The molecule has 0 saturated carbocycles. The van der Waals surface area contributed by atoms with Gasteiger partial charge in [0.25, 0.3) is 0 Å². The zero-order valence-corrected chi connectivity index (χ0v) is 33.6. The summed E-state index contributed by atoms with van der Waals surface area (Å²) in [6.07, 6.45) is 0. The number of pyridine rings is 3. The summed E-state index contributed by atoms with van der Waals surface area (Å²) in [6.45, 7) is 0. The Morgan fingerprint density at radius 2 is 0.820 bits per heavy atom. The van der Waals surface area contributed by atoms with E-state index in [1.54, 1.807) is 0 Å². The maximum atomic E-state index is 5.63. The van der Waals surface area contributed by atoms with Crippen molar-refractivity contribution in [2.24, 2.45) is 0 Å². The predicted molar refractivity (Wildman–Crippen MR) is 259 cm³/mol. The number of thiophene rings is 1. The van der Waals surface area contributed by atoms with Crippen molar-refractivity contribution in [3.63, 3.8) is 0 Å². The summed E-state index contributed by atoms with van der Waals surface area (Å²) in [6, 6.07) is 71.9. The van der Waals surface area contributed by atoms with Gasteiger partial charge in [-0.3, -0.25) is 0 Å². The molecule has 4 heteroatoms. The minimum absolute atomic E-state index is 0.905. The lowest BCUT2D eigenvalue weighted by atomic mass is 9.91. The number of para-hydroxylation sites is 1. The molecule has 0 unspecified atom stereocenters. The second kappa shape index (κ2) is 13.4. The molecule has 0 saturated heterocycles. The summed E-state index contributed by atoms with van der Waals surface area (Å²) in [5, 5.41) is 13.5. The Labute approximate surface area is 354 Å². The van der Waals surface area contributed by atoms with E-state index >= 15 is 0 Å². The molecular weight excluding hydrogens is 759 g/mol. The quantitative estimate of drug-likeness (QED) is 0.167. The highest BCUT2D eigenvalue weighted by atomic mass is 32.1. The number of rotatable bonds is 4. The molecule has 0 aliphatic carbocycles. The zero-order valence-electron chi connectivity index (χ0n) is 32.8. The second-order valence-corrected chi connectivity index (χ2v) is 16.9. The Hall–Kier alpha value is -7.79. The van der Waals surface area contributed by atoms with E-state index in [0.717, 1.165) is 72.2 Å². The molecule has 61 heavy (non-hydrogen) atoms. The maximum absolute atomic E-state index is 5.63. The van der Waals surface area contributed by atoms with E-state index in [0.29, 0.717) is 0 Å². The molecule has 9 aromatic carbocycles. The first-order chi connectivity index (χ1) is 30.2. The first kappa shape index (κ1) is 34.1. The van der Waals surface area contributed by atoms with Gasteiger partial charge in [0.15, 0.2) is 0 Å². The lowest BCUT2D eigenvalue weighted by Gasteiger charge is -2.14. The van der Waals surface area contributed by atoms with Crippen LogP contribution < -0.4 is 0 Å². The van der Waals surface area contributed by atoms with Gasteiger partial charge in [-0.25, -0.2) is 15.0 Å². The lowest BCUT2D eigenvalue weighted by Crippen LogP contribution is -1.92. The number of fused-ring (bicyclic) bond motifs is 14. The van der Waals surface area contributed by atoms with Crippen LogP contribution in [0, 0.1) is 0 Å². The van der Waals surface area contributed by atoms with E-state index in [9.17, 15) is 0 Å². The smallest absolute Gasteiger partial charge is 0.0972 e. The molecule has 0 atom stereocenters. The van der Waals surface area contributed by atoms with Crippen molar-refractivity contribution in [3.8, 4) is 44.9 Å². The van der Waals surface area contributed by atoms with Gasteiger partial charge >= 0.3 is 0 Å². The summed E-state index contributed by atoms with van der Waals surface area (Å²) < 4.78 is 2.46. The van der Waals surface area contributed by atoms with Crippen LogP contribution in [0.3, 0.4) is 0 Å². The standard InChI is InChI=1S/C57H33N3S/c1-2-11-34(12-3-1)49-31-28-36-25-26-37-29-32-50(59-54(37)53(36)58-49)35-21-23-38(24-22-35)55-57-52(46-17-8-9-20-51(46)61-57)47-19-10-18-40(56(47)60-55)39-27-30-45-43-15-5-4-13-41(43)42-14-6-7-16-44(42)48(45)33-39/h1-33H. The monoisotopic (exact) mass is 791 g/mol. The third-order valence-electron chi connectivity index (χ3n) is 12.4. The fourth-order valence-electron chi connectivity index (χ4n) is 9.51. The van der Waals surface area contributed by atoms with Crippen LogP contribution in [0.2, 0.25) is 0 Å². The summed E-state index contributed by atoms with van der Waals surface area (Å²) >= 11 is 1.82. The highest BCUT2D eigenvalue weighted by molar-refractivity contribution is 7.26. The number of benzene rings is 9. The molecule has 13 rings (SSSR count). The van der Waals surface area contributed by atoms with Crippen molar-refractivity contribution in [2.75, 3.05) is 0 Å². The van der Waals surface area contributed by atoms with Crippen LogP contribution in [-0.4, -0.2) is 15.0 Å². The van der Waals surface area contributed by atoms with E-state index in [1.807, 2.05) is 17.4 Å². The number of nitrogens with zero attached hydrogens (tertiary/aromatic N) is 3. The van der Waals surface area contributed by atoms with E-state index in [4.69, 9.17) is 15.0 Å². The molecule has 0 aliphatic rings. The van der Waals surface area contributed by atoms with E-state index in [-0.39, 0.29) is 0 Å². The molecule has 13 aromatic rings. The van der Waals surface area contributed by atoms with Crippen molar-refractivity contribution in [3.05, 3.63) is 200 Å². The van der Waals surface area contributed by atoms with Crippen molar-refractivity contribution in [1.29, 1.82) is 0 Å². The van der Waals surface area contributed by atoms with Gasteiger partial charge in [-0.1, -0.05) is 176 Å². The highest BCUT2D eigenvalue weighted by Crippen LogP contribution is 2.45. The Kier molecular flexibility index (Phi) is 7.47. The van der Waals surface area contributed by atoms with Gasteiger partial charge in [-0.15, -0.1) is 11.3 Å². The maximum Gasteiger partial charge on any atom is 0.0972 e. The summed E-state index contributed by atoms with van der Waals surface area (Å²) in [5.74, 6) is 0. The van der Waals surface area contributed by atoms with Gasteiger partial charge in [0.05, 0.1) is 38.3 Å². The van der Waals surface area contributed by atoms with Crippen molar-refractivity contribution >= 4 is 96.5 Å². The van der Waals surface area contributed by atoms with Crippen LogP contribution in [0.1, 0.15) is 0 Å². The van der Waals surface area contributed by atoms with E-state index in [2.05, 4.69) is 194 Å². The Balaban J connectivity index is 0.978. The average molecular weight is 792 g/mol. The predicted octanol–water partition coefficient (Wildman–Crippen LogP) is 15.8. The second-order valence-electron chi connectivity index (χ2n) is 15.9. The minimum atomic E-state index is 0.905. The Morgan fingerprint density at radius 1 is 0.311 bits per heavy atom. The summed E-state index contributed by atoms with van der Waals surface area (Å²) in [5.41, 5.74) is 11.2. The molecule has 0 aliphatic heterocycles. The topological polar surface area (TPSA) is 38.7 Å². The van der Waals surface area contributed by atoms with E-state index in [1.165, 1.54) is 57.9 Å².